The van der Waals surface area contributed by atoms with E-state index < -0.39 is 43.2 Å². The number of ether oxygens (including phenoxy) is 2. The van der Waals surface area contributed by atoms with E-state index in [2.05, 4.69) is 11.4 Å². The lowest BCUT2D eigenvalue weighted by molar-refractivity contribution is -0.244. The van der Waals surface area contributed by atoms with Crippen LogP contribution in [-0.2, 0) is 9.53 Å². The number of fused-ring (bicyclic) bond motifs is 1. The van der Waals surface area contributed by atoms with Gasteiger partial charge in [0.05, 0.1) is 6.61 Å². The molecule has 26 heavy (non-hydrogen) atoms. The summed E-state index contributed by atoms with van der Waals surface area (Å²) in [5.41, 5.74) is 0. The van der Waals surface area contributed by atoms with Crippen LogP contribution in [0.3, 0.4) is 0 Å². The van der Waals surface area contributed by atoms with Crippen LogP contribution in [0.5, 0.6) is 5.75 Å². The van der Waals surface area contributed by atoms with E-state index in [0.29, 0.717) is 5.75 Å². The zero-order chi connectivity index (χ0) is 18.7. The zero-order valence-electron chi connectivity index (χ0n) is 14.4. The Morgan fingerprint density at radius 3 is 2.88 bits per heavy atom. The monoisotopic (exact) mass is 361 g/mol. The Kier molecular flexibility index (Phi) is 5.73. The van der Waals surface area contributed by atoms with Crippen LogP contribution in [0.1, 0.15) is 13.3 Å². The minimum absolute atomic E-state index is 0.393. The summed E-state index contributed by atoms with van der Waals surface area (Å²) < 4.78 is 11.6. The smallest absolute Gasteiger partial charge is 0.223 e. The summed E-state index contributed by atoms with van der Waals surface area (Å²) in [5, 5.41) is 34.2. The molecule has 7 nitrogen and oxygen atoms in total. The Labute approximate surface area is 150 Å². The summed E-state index contributed by atoms with van der Waals surface area (Å²) in [7, 11) is 0. The molecule has 0 spiro atoms. The second-order valence-electron chi connectivity index (χ2n) is 6.34. The van der Waals surface area contributed by atoms with E-state index in [0.717, 1.165) is 16.9 Å². The van der Waals surface area contributed by atoms with E-state index in [9.17, 15) is 20.1 Å². The second kappa shape index (κ2) is 8.01. The van der Waals surface area contributed by atoms with Gasteiger partial charge in [-0.1, -0.05) is 36.4 Å². The number of hydrogen-bond donors (Lipinski definition) is 4. The lowest BCUT2D eigenvalue weighted by atomic mass is 9.97. The van der Waals surface area contributed by atoms with Gasteiger partial charge in [0.2, 0.25) is 12.2 Å². The Balaban J connectivity index is 1.95. The van der Waals surface area contributed by atoms with Gasteiger partial charge in [-0.15, -0.1) is 0 Å². The molecule has 5 atom stereocenters. The van der Waals surface area contributed by atoms with Crippen LogP contribution in [0.15, 0.2) is 30.4 Å². The van der Waals surface area contributed by atoms with Gasteiger partial charge in [-0.25, -0.2) is 0 Å². The molecule has 0 bridgehead atoms. The lowest BCUT2D eigenvalue weighted by Gasteiger charge is -2.42. The molecule has 7 heteroatoms. The molecule has 0 saturated carbocycles. The second-order valence-corrected chi connectivity index (χ2v) is 6.34. The topological polar surface area (TPSA) is 108 Å². The minimum atomic E-state index is -1.34. The molecular weight excluding hydrogens is 338 g/mol. The van der Waals surface area contributed by atoms with E-state index >= 15 is 0 Å². The van der Waals surface area contributed by atoms with Crippen molar-refractivity contribution in [1.82, 2.24) is 5.32 Å². The number of carbonyl (C=O) groups is 1. The predicted molar refractivity (Wildman–Crippen MR) is 94.4 cm³/mol. The molecule has 1 aromatic rings. The standard InChI is InChI=1S/C19H23NO6/c1-11(22)20-16-18(24)17(23)15(10-21)26-19(16)25-14-9-5-7-12-6-3-2-4-8-13(12)14/h2,4-9,15-19,21,23-24H,3,10H2,1H3,(H,20,22). The molecule has 1 amide bonds. The molecule has 140 valence electrons. The lowest BCUT2D eigenvalue weighted by Crippen LogP contribution is -2.65. The van der Waals surface area contributed by atoms with E-state index in [-0.39, 0.29) is 0 Å². The zero-order valence-corrected chi connectivity index (χ0v) is 14.4. The maximum Gasteiger partial charge on any atom is 0.223 e. The molecule has 5 unspecified atom stereocenters. The van der Waals surface area contributed by atoms with Crippen LogP contribution in [0.2, 0.25) is 0 Å². The molecule has 4 N–H and O–H groups in total. The van der Waals surface area contributed by atoms with Gasteiger partial charge in [-0.3, -0.25) is 4.79 Å². The van der Waals surface area contributed by atoms with Crippen LogP contribution < -0.4 is 20.5 Å². The number of nitrogens with one attached hydrogen (secondary N) is 1. The first-order valence-electron chi connectivity index (χ1n) is 8.53. The van der Waals surface area contributed by atoms with E-state index in [1.165, 1.54) is 6.92 Å². The van der Waals surface area contributed by atoms with Gasteiger partial charge in [0, 0.05) is 12.1 Å². The first-order valence-corrected chi connectivity index (χ1v) is 8.53. The van der Waals surface area contributed by atoms with Gasteiger partial charge in [-0.05, 0) is 17.7 Å². The van der Waals surface area contributed by atoms with E-state index in [1.54, 1.807) is 6.07 Å². The number of aliphatic hydroxyl groups excluding tert-OH is 3. The van der Waals surface area contributed by atoms with Crippen molar-refractivity contribution in [3.05, 3.63) is 40.8 Å². The van der Waals surface area contributed by atoms with Crippen LogP contribution in [-0.4, -0.2) is 58.5 Å². The molecule has 1 heterocycles. The summed E-state index contributed by atoms with van der Waals surface area (Å²) in [4.78, 5) is 11.5. The largest absolute Gasteiger partial charge is 0.462 e. The van der Waals surface area contributed by atoms with Crippen molar-refractivity contribution in [3.63, 3.8) is 0 Å². The van der Waals surface area contributed by atoms with Crippen molar-refractivity contribution in [2.24, 2.45) is 0 Å². The summed E-state index contributed by atoms with van der Waals surface area (Å²) in [6, 6.07) is 4.59. The molecule has 1 fully saturated rings. The molecule has 2 aliphatic rings. The van der Waals surface area contributed by atoms with Crippen molar-refractivity contribution < 1.29 is 29.6 Å². The summed E-state index contributed by atoms with van der Waals surface area (Å²) in [5.74, 6) is 0.126. The van der Waals surface area contributed by atoms with Gasteiger partial charge in [0.1, 0.15) is 30.1 Å². The Morgan fingerprint density at radius 1 is 1.35 bits per heavy atom. The van der Waals surface area contributed by atoms with Crippen LogP contribution in [0.4, 0.5) is 0 Å². The van der Waals surface area contributed by atoms with Crippen LogP contribution in [0.25, 0.3) is 12.2 Å². The molecule has 3 rings (SSSR count). The molecule has 0 aromatic heterocycles. The number of hydrogen-bond acceptors (Lipinski definition) is 6. The fraction of sp³-hybridized carbons (Fsp3) is 0.421. The molecule has 0 radical (unpaired) electrons. The maximum atomic E-state index is 11.5. The molecule has 1 aliphatic heterocycles. The van der Waals surface area contributed by atoms with Gasteiger partial charge >= 0.3 is 0 Å². The van der Waals surface area contributed by atoms with E-state index in [4.69, 9.17) is 9.47 Å². The number of rotatable bonds is 4. The highest BCUT2D eigenvalue weighted by Gasteiger charge is 2.46. The number of amides is 1. The SMILES string of the molecule is CC(=O)NC1C(Oc2cccc3c2=CC=CCC=3)OC(CO)C(O)C1O. The third-order valence-electron chi connectivity index (χ3n) is 4.47. The van der Waals surface area contributed by atoms with Gasteiger partial charge in [0.15, 0.2) is 0 Å². The Morgan fingerprint density at radius 2 is 2.15 bits per heavy atom. The maximum absolute atomic E-state index is 11.5. The highest BCUT2D eigenvalue weighted by molar-refractivity contribution is 5.73. The van der Waals surface area contributed by atoms with Gasteiger partial charge in [-0.2, -0.15) is 0 Å². The number of carbonyl (C=O) groups excluding carboxylic acids is 1. The number of aliphatic hydroxyl groups is 3. The normalized spacial score (nSPS) is 30.4. The predicted octanol–water partition coefficient (Wildman–Crippen LogP) is -1.47. The third-order valence-corrected chi connectivity index (χ3v) is 4.47. The van der Waals surface area contributed by atoms with Crippen molar-refractivity contribution in [1.29, 1.82) is 0 Å². The molecule has 1 saturated heterocycles. The van der Waals surface area contributed by atoms with Crippen LogP contribution >= 0.6 is 0 Å². The quantitative estimate of drug-likeness (QED) is 0.522. The van der Waals surface area contributed by atoms with Crippen LogP contribution in [0, 0.1) is 0 Å². The number of allylic oxidation sites excluding steroid dienone is 2. The highest BCUT2D eigenvalue weighted by atomic mass is 16.7. The molecular formula is C19H23NO6. The summed E-state index contributed by atoms with van der Waals surface area (Å²) >= 11 is 0. The summed E-state index contributed by atoms with van der Waals surface area (Å²) in [6.45, 7) is 0.816. The van der Waals surface area contributed by atoms with Crippen molar-refractivity contribution >= 4 is 18.1 Å². The van der Waals surface area contributed by atoms with Gasteiger partial charge < -0.3 is 30.1 Å². The average molecular weight is 361 g/mol. The first kappa shape index (κ1) is 18.6. The first-order chi connectivity index (χ1) is 12.5. The Hall–Kier alpha value is -2.19. The fourth-order valence-corrected chi connectivity index (χ4v) is 3.15. The molecule has 1 aromatic carbocycles. The third kappa shape index (κ3) is 3.81. The van der Waals surface area contributed by atoms with Crippen molar-refractivity contribution in [3.8, 4) is 5.75 Å². The van der Waals surface area contributed by atoms with Gasteiger partial charge in [0.25, 0.3) is 0 Å². The summed E-state index contributed by atoms with van der Waals surface area (Å²) in [6.07, 6.45) is 3.96. The number of benzene rings is 1. The molecule has 1 aliphatic carbocycles. The average Bonchev–Trinajstić information content (AvgIpc) is 2.87. The van der Waals surface area contributed by atoms with Crippen molar-refractivity contribution in [2.45, 2.75) is 44.0 Å². The minimum Gasteiger partial charge on any atom is -0.462 e. The Bertz CT molecular complexity index is 805. The van der Waals surface area contributed by atoms with E-state index in [1.807, 2.05) is 30.4 Å². The fourth-order valence-electron chi connectivity index (χ4n) is 3.15. The highest BCUT2D eigenvalue weighted by Crippen LogP contribution is 2.23. The van der Waals surface area contributed by atoms with Crippen molar-refractivity contribution in [2.75, 3.05) is 6.61 Å².